The minimum Gasteiger partial charge on any atom is -0.494 e. The van der Waals surface area contributed by atoms with Crippen LogP contribution in [-0.4, -0.2) is 43.1 Å². The minimum absolute atomic E-state index is 0.0566. The normalized spacial score (nSPS) is 13.7. The first-order chi connectivity index (χ1) is 15.5. The van der Waals surface area contributed by atoms with Gasteiger partial charge in [-0.3, -0.25) is 14.5 Å². The molecule has 0 saturated heterocycles. The van der Waals surface area contributed by atoms with E-state index < -0.39 is 11.8 Å². The summed E-state index contributed by atoms with van der Waals surface area (Å²) in [5, 5.41) is -0.0566. The largest absolute Gasteiger partial charge is 0.494 e. The molecule has 0 saturated carbocycles. The third-order valence-corrected chi connectivity index (χ3v) is 5.31. The molecule has 1 heterocycles. The summed E-state index contributed by atoms with van der Waals surface area (Å²) in [4.78, 5) is 26.9. The Bertz CT molecular complexity index is 1000. The maximum atomic E-state index is 13.0. The van der Waals surface area contributed by atoms with Gasteiger partial charge in [-0.2, -0.15) is 0 Å². The molecule has 0 unspecified atom stereocenters. The van der Waals surface area contributed by atoms with Gasteiger partial charge in [0.1, 0.15) is 10.8 Å². The van der Waals surface area contributed by atoms with Crippen molar-refractivity contribution < 1.29 is 23.8 Å². The van der Waals surface area contributed by atoms with Gasteiger partial charge < -0.3 is 14.2 Å². The van der Waals surface area contributed by atoms with Crippen LogP contribution in [0.5, 0.6) is 17.2 Å². The number of halogens is 1. The number of nitrogens with zero attached hydrogens (tertiary/aromatic N) is 1. The zero-order valence-electron chi connectivity index (χ0n) is 18.7. The SMILES string of the molecule is CCCOc1ccc(C2=C(Cl)C(=O)N(CCc3ccc(OCC)c(OCC)c3)C2=O)cc1. The van der Waals surface area contributed by atoms with Gasteiger partial charge in [-0.25, -0.2) is 0 Å². The molecule has 0 atom stereocenters. The fourth-order valence-corrected chi connectivity index (χ4v) is 3.72. The molecule has 0 spiro atoms. The van der Waals surface area contributed by atoms with Crippen molar-refractivity contribution in [1.29, 1.82) is 0 Å². The molecule has 6 nitrogen and oxygen atoms in total. The molecule has 1 aliphatic rings. The minimum atomic E-state index is -0.478. The Labute approximate surface area is 193 Å². The van der Waals surface area contributed by atoms with E-state index in [0.29, 0.717) is 49.1 Å². The number of rotatable bonds is 11. The number of carbonyl (C=O) groups is 2. The lowest BCUT2D eigenvalue weighted by Gasteiger charge is -2.16. The molecule has 170 valence electrons. The molecule has 1 aliphatic heterocycles. The van der Waals surface area contributed by atoms with Crippen molar-refractivity contribution in [3.05, 3.63) is 58.6 Å². The quantitative estimate of drug-likeness (QED) is 0.452. The summed E-state index contributed by atoms with van der Waals surface area (Å²) in [6, 6.07) is 12.7. The Balaban J connectivity index is 1.71. The lowest BCUT2D eigenvalue weighted by Crippen LogP contribution is -2.33. The van der Waals surface area contributed by atoms with Crippen LogP contribution in [0.1, 0.15) is 38.3 Å². The first-order valence-electron chi connectivity index (χ1n) is 10.9. The Hall–Kier alpha value is -2.99. The smallest absolute Gasteiger partial charge is 0.273 e. The molecule has 2 aromatic rings. The second kappa shape index (κ2) is 11.0. The highest BCUT2D eigenvalue weighted by molar-refractivity contribution is 6.55. The fourth-order valence-electron chi connectivity index (χ4n) is 3.43. The van der Waals surface area contributed by atoms with E-state index >= 15 is 0 Å². The Morgan fingerprint density at radius 2 is 1.53 bits per heavy atom. The molecular weight excluding hydrogens is 430 g/mol. The molecule has 0 radical (unpaired) electrons. The van der Waals surface area contributed by atoms with E-state index in [1.54, 1.807) is 24.3 Å². The summed E-state index contributed by atoms with van der Waals surface area (Å²) >= 11 is 6.28. The van der Waals surface area contributed by atoms with Crippen LogP contribution in [-0.2, 0) is 16.0 Å². The van der Waals surface area contributed by atoms with Crippen LogP contribution in [0.4, 0.5) is 0 Å². The van der Waals surface area contributed by atoms with Gasteiger partial charge in [-0.15, -0.1) is 0 Å². The maximum Gasteiger partial charge on any atom is 0.273 e. The summed E-state index contributed by atoms with van der Waals surface area (Å²) in [5.41, 5.74) is 1.75. The molecule has 0 aliphatic carbocycles. The van der Waals surface area contributed by atoms with Crippen LogP contribution >= 0.6 is 11.6 Å². The molecule has 2 amide bonds. The highest BCUT2D eigenvalue weighted by atomic mass is 35.5. The molecule has 0 fully saturated rings. The summed E-state index contributed by atoms with van der Waals surface area (Å²) in [7, 11) is 0. The fraction of sp³-hybridized carbons (Fsp3) is 0.360. The molecule has 0 aromatic heterocycles. The van der Waals surface area contributed by atoms with Crippen molar-refractivity contribution in [2.24, 2.45) is 0 Å². The van der Waals surface area contributed by atoms with E-state index in [2.05, 4.69) is 0 Å². The van der Waals surface area contributed by atoms with Crippen LogP contribution in [0.3, 0.4) is 0 Å². The van der Waals surface area contributed by atoms with Crippen molar-refractivity contribution in [1.82, 2.24) is 4.90 Å². The van der Waals surface area contributed by atoms with E-state index in [0.717, 1.165) is 12.0 Å². The number of hydrogen-bond donors (Lipinski definition) is 0. The summed E-state index contributed by atoms with van der Waals surface area (Å²) < 4.78 is 16.8. The first-order valence-corrected chi connectivity index (χ1v) is 11.3. The van der Waals surface area contributed by atoms with Gasteiger partial charge in [0, 0.05) is 6.54 Å². The zero-order valence-corrected chi connectivity index (χ0v) is 19.4. The van der Waals surface area contributed by atoms with Gasteiger partial charge in [0.05, 0.1) is 25.4 Å². The number of ether oxygens (including phenoxy) is 3. The zero-order chi connectivity index (χ0) is 23.1. The van der Waals surface area contributed by atoms with Crippen molar-refractivity contribution in [2.75, 3.05) is 26.4 Å². The average molecular weight is 458 g/mol. The lowest BCUT2D eigenvalue weighted by molar-refractivity contribution is -0.136. The van der Waals surface area contributed by atoms with Crippen LogP contribution in [0.2, 0.25) is 0 Å². The third-order valence-electron chi connectivity index (χ3n) is 4.96. The number of carbonyl (C=O) groups excluding carboxylic acids is 2. The summed E-state index contributed by atoms with van der Waals surface area (Å²) in [6.45, 7) is 7.73. The topological polar surface area (TPSA) is 65.1 Å². The summed E-state index contributed by atoms with van der Waals surface area (Å²) in [6.07, 6.45) is 1.38. The number of hydrogen-bond acceptors (Lipinski definition) is 5. The summed E-state index contributed by atoms with van der Waals surface area (Å²) in [5.74, 6) is 1.16. The van der Waals surface area contributed by atoms with Gasteiger partial charge in [0.15, 0.2) is 11.5 Å². The molecule has 0 bridgehead atoms. The highest BCUT2D eigenvalue weighted by Gasteiger charge is 2.37. The molecule has 32 heavy (non-hydrogen) atoms. The lowest BCUT2D eigenvalue weighted by atomic mass is 10.1. The van der Waals surface area contributed by atoms with Gasteiger partial charge >= 0.3 is 0 Å². The Morgan fingerprint density at radius 1 is 0.844 bits per heavy atom. The van der Waals surface area contributed by atoms with Crippen LogP contribution in [0.25, 0.3) is 5.57 Å². The number of amides is 2. The molecule has 7 heteroatoms. The highest BCUT2D eigenvalue weighted by Crippen LogP contribution is 2.33. The maximum absolute atomic E-state index is 13.0. The Kier molecular flexibility index (Phi) is 8.17. The molecule has 3 rings (SSSR count). The second-order valence-electron chi connectivity index (χ2n) is 7.22. The van der Waals surface area contributed by atoms with E-state index in [1.807, 2.05) is 39.0 Å². The van der Waals surface area contributed by atoms with E-state index in [4.69, 9.17) is 25.8 Å². The predicted molar refractivity (Wildman–Crippen MR) is 124 cm³/mol. The van der Waals surface area contributed by atoms with Gasteiger partial charge in [-0.05, 0) is 62.1 Å². The van der Waals surface area contributed by atoms with Crippen LogP contribution in [0.15, 0.2) is 47.5 Å². The van der Waals surface area contributed by atoms with E-state index in [9.17, 15) is 9.59 Å². The molecule has 2 aromatic carbocycles. The second-order valence-corrected chi connectivity index (χ2v) is 7.60. The van der Waals surface area contributed by atoms with Crippen LogP contribution < -0.4 is 14.2 Å². The van der Waals surface area contributed by atoms with Crippen LogP contribution in [0, 0.1) is 0 Å². The van der Waals surface area contributed by atoms with Gasteiger partial charge in [0.25, 0.3) is 11.8 Å². The monoisotopic (exact) mass is 457 g/mol. The average Bonchev–Trinajstić information content (AvgIpc) is 3.01. The third kappa shape index (κ3) is 5.25. The van der Waals surface area contributed by atoms with Crippen molar-refractivity contribution in [2.45, 2.75) is 33.6 Å². The first kappa shape index (κ1) is 23.7. The number of benzene rings is 2. The van der Waals surface area contributed by atoms with Crippen molar-refractivity contribution >= 4 is 29.0 Å². The van der Waals surface area contributed by atoms with E-state index in [1.165, 1.54) is 4.90 Å². The number of imide groups is 1. The van der Waals surface area contributed by atoms with Gasteiger partial charge in [-0.1, -0.05) is 36.7 Å². The van der Waals surface area contributed by atoms with E-state index in [-0.39, 0.29) is 17.2 Å². The molecular formula is C25H28ClNO5. The van der Waals surface area contributed by atoms with Gasteiger partial charge in [0.2, 0.25) is 0 Å². The standard InChI is InChI=1S/C25H28ClNO5/c1-4-15-32-19-10-8-18(9-11-19)22-23(26)25(29)27(24(22)28)14-13-17-7-12-20(30-5-2)21(16-17)31-6-3/h7-12,16H,4-6,13-15H2,1-3H3. The van der Waals surface area contributed by atoms with Crippen molar-refractivity contribution in [3.8, 4) is 17.2 Å². The predicted octanol–water partition coefficient (Wildman–Crippen LogP) is 4.83. The Morgan fingerprint density at radius 3 is 2.19 bits per heavy atom. The molecule has 0 N–H and O–H groups in total. The van der Waals surface area contributed by atoms with Crippen molar-refractivity contribution in [3.63, 3.8) is 0 Å².